The van der Waals surface area contributed by atoms with Crippen LogP contribution < -0.4 is 9.47 Å². The highest BCUT2D eigenvalue weighted by atomic mass is 16.5. The van der Waals surface area contributed by atoms with Crippen molar-refractivity contribution in [1.29, 1.82) is 0 Å². The molecule has 0 spiro atoms. The molecule has 1 fully saturated rings. The van der Waals surface area contributed by atoms with E-state index in [0.29, 0.717) is 13.1 Å². The standard InChI is InChI=1S/C26H38N2O4/c1-19-5-7-25(13-21(19)3)31-17-23(29)15-27-9-11-28(12-10-27)16-24(30)18-32-26-8-6-20(2)22(4)14-26/h5-8,13-14,23-24,29-30H,9-12,15-18H2,1-4H3/t23-,24+. The lowest BCUT2D eigenvalue weighted by atomic mass is 10.1. The van der Waals surface area contributed by atoms with Gasteiger partial charge in [-0.3, -0.25) is 9.80 Å². The van der Waals surface area contributed by atoms with E-state index >= 15 is 0 Å². The van der Waals surface area contributed by atoms with Gasteiger partial charge in [0.2, 0.25) is 0 Å². The van der Waals surface area contributed by atoms with Crippen LogP contribution in [0.2, 0.25) is 0 Å². The number of aryl methyl sites for hydroxylation is 4. The number of hydrogen-bond acceptors (Lipinski definition) is 6. The number of aliphatic hydroxyl groups is 2. The van der Waals surface area contributed by atoms with Crippen LogP contribution in [0.3, 0.4) is 0 Å². The second-order valence-corrected chi connectivity index (χ2v) is 9.02. The maximum Gasteiger partial charge on any atom is 0.119 e. The van der Waals surface area contributed by atoms with Gasteiger partial charge in [0, 0.05) is 39.3 Å². The molecule has 0 amide bonds. The summed E-state index contributed by atoms with van der Waals surface area (Å²) in [5.74, 6) is 1.60. The third-order valence-corrected chi connectivity index (χ3v) is 6.24. The fraction of sp³-hybridized carbons (Fsp3) is 0.538. The molecule has 3 rings (SSSR count). The molecule has 176 valence electrons. The Morgan fingerprint density at radius 3 is 1.38 bits per heavy atom. The van der Waals surface area contributed by atoms with E-state index in [0.717, 1.165) is 37.7 Å². The Labute approximate surface area is 192 Å². The molecule has 0 saturated carbocycles. The quantitative estimate of drug-likeness (QED) is 0.590. The smallest absolute Gasteiger partial charge is 0.119 e. The van der Waals surface area contributed by atoms with Crippen LogP contribution >= 0.6 is 0 Å². The van der Waals surface area contributed by atoms with E-state index in [4.69, 9.17) is 9.47 Å². The number of aliphatic hydroxyl groups excluding tert-OH is 2. The van der Waals surface area contributed by atoms with E-state index in [2.05, 4.69) is 37.5 Å². The highest BCUT2D eigenvalue weighted by Gasteiger charge is 2.21. The Bertz CT molecular complexity index is 793. The van der Waals surface area contributed by atoms with Gasteiger partial charge in [0.05, 0.1) is 0 Å². The number of ether oxygens (including phenoxy) is 2. The summed E-state index contributed by atoms with van der Waals surface area (Å²) >= 11 is 0. The van der Waals surface area contributed by atoms with Crippen molar-refractivity contribution < 1.29 is 19.7 Å². The summed E-state index contributed by atoms with van der Waals surface area (Å²) in [6.45, 7) is 13.5. The van der Waals surface area contributed by atoms with Crippen molar-refractivity contribution in [2.45, 2.75) is 39.9 Å². The van der Waals surface area contributed by atoms with Crippen LogP contribution in [0.1, 0.15) is 22.3 Å². The normalized spacial score (nSPS) is 17.2. The van der Waals surface area contributed by atoms with Crippen molar-refractivity contribution >= 4 is 0 Å². The van der Waals surface area contributed by atoms with Crippen LogP contribution in [0.4, 0.5) is 0 Å². The van der Waals surface area contributed by atoms with E-state index < -0.39 is 12.2 Å². The number of rotatable bonds is 10. The van der Waals surface area contributed by atoms with E-state index in [9.17, 15) is 10.2 Å². The zero-order valence-corrected chi connectivity index (χ0v) is 19.9. The molecule has 0 unspecified atom stereocenters. The van der Waals surface area contributed by atoms with E-state index in [1.54, 1.807) is 0 Å². The maximum atomic E-state index is 10.4. The SMILES string of the molecule is Cc1ccc(OC[C@@H](O)CN2CCN(C[C@@H](O)COc3ccc(C)c(C)c3)CC2)cc1C. The molecule has 2 aromatic carbocycles. The minimum atomic E-state index is -0.528. The monoisotopic (exact) mass is 442 g/mol. The van der Waals surface area contributed by atoms with Crippen molar-refractivity contribution in [3.8, 4) is 11.5 Å². The van der Waals surface area contributed by atoms with Gasteiger partial charge >= 0.3 is 0 Å². The third kappa shape index (κ3) is 7.48. The molecule has 6 nitrogen and oxygen atoms in total. The largest absolute Gasteiger partial charge is 0.491 e. The van der Waals surface area contributed by atoms with Crippen LogP contribution in [0, 0.1) is 27.7 Å². The summed E-state index contributed by atoms with van der Waals surface area (Å²) in [7, 11) is 0. The Hall–Kier alpha value is -2.12. The average molecular weight is 443 g/mol. The predicted octanol–water partition coefficient (Wildman–Crippen LogP) is 2.72. The van der Waals surface area contributed by atoms with Crippen LogP contribution in [0.15, 0.2) is 36.4 Å². The molecule has 2 N–H and O–H groups in total. The van der Waals surface area contributed by atoms with Crippen molar-refractivity contribution in [3.63, 3.8) is 0 Å². The second-order valence-electron chi connectivity index (χ2n) is 9.02. The lowest BCUT2D eigenvalue weighted by Crippen LogP contribution is -2.51. The molecule has 32 heavy (non-hydrogen) atoms. The molecule has 1 aliphatic heterocycles. The first kappa shape index (κ1) is 24.5. The second kappa shape index (κ2) is 11.7. The van der Waals surface area contributed by atoms with Crippen LogP contribution in [-0.4, -0.2) is 84.7 Å². The molecule has 0 aromatic heterocycles. The van der Waals surface area contributed by atoms with Crippen molar-refractivity contribution in [3.05, 3.63) is 58.7 Å². The molecular formula is C26H38N2O4. The third-order valence-electron chi connectivity index (χ3n) is 6.24. The van der Waals surface area contributed by atoms with Gasteiger partial charge in [-0.2, -0.15) is 0 Å². The van der Waals surface area contributed by atoms with Gasteiger partial charge in [-0.25, -0.2) is 0 Å². The highest BCUT2D eigenvalue weighted by molar-refractivity contribution is 5.34. The Morgan fingerprint density at radius 2 is 1.03 bits per heavy atom. The zero-order chi connectivity index (χ0) is 23.1. The molecule has 0 aliphatic carbocycles. The van der Waals surface area contributed by atoms with Gasteiger partial charge in [0.15, 0.2) is 0 Å². The van der Waals surface area contributed by atoms with Gasteiger partial charge in [-0.15, -0.1) is 0 Å². The number of piperazine rings is 1. The molecule has 1 saturated heterocycles. The molecule has 2 atom stereocenters. The lowest BCUT2D eigenvalue weighted by Gasteiger charge is -2.36. The molecule has 0 radical (unpaired) electrons. The number of benzene rings is 2. The number of nitrogens with zero attached hydrogens (tertiary/aromatic N) is 2. The van der Waals surface area contributed by atoms with Gasteiger partial charge in [0.25, 0.3) is 0 Å². The summed E-state index contributed by atoms with van der Waals surface area (Å²) in [5, 5.41) is 20.8. The first-order valence-electron chi connectivity index (χ1n) is 11.5. The summed E-state index contributed by atoms with van der Waals surface area (Å²) < 4.78 is 11.5. The summed E-state index contributed by atoms with van der Waals surface area (Å²) in [6.07, 6.45) is -1.06. The van der Waals surface area contributed by atoms with E-state index in [-0.39, 0.29) is 13.2 Å². The lowest BCUT2D eigenvalue weighted by molar-refractivity contribution is 0.0240. The molecule has 6 heteroatoms. The first-order valence-corrected chi connectivity index (χ1v) is 11.5. The highest BCUT2D eigenvalue weighted by Crippen LogP contribution is 2.18. The van der Waals surface area contributed by atoms with Gasteiger partial charge in [0.1, 0.15) is 36.9 Å². The summed E-state index contributed by atoms with van der Waals surface area (Å²) in [5.41, 5.74) is 4.85. The van der Waals surface area contributed by atoms with Crippen molar-refractivity contribution in [2.24, 2.45) is 0 Å². The molecule has 0 bridgehead atoms. The maximum absolute atomic E-state index is 10.4. The van der Waals surface area contributed by atoms with Gasteiger partial charge in [-0.05, 0) is 74.2 Å². The Kier molecular flexibility index (Phi) is 8.93. The number of β-amino-alcohol motifs (C(OH)–C–C–N with tert-alkyl or cyclic N) is 2. The molecule has 2 aromatic rings. The van der Waals surface area contributed by atoms with E-state index in [1.165, 1.54) is 22.3 Å². The number of hydrogen-bond donors (Lipinski definition) is 2. The van der Waals surface area contributed by atoms with Gasteiger partial charge < -0.3 is 19.7 Å². The first-order chi connectivity index (χ1) is 15.3. The van der Waals surface area contributed by atoms with Crippen LogP contribution in [-0.2, 0) is 0 Å². The minimum Gasteiger partial charge on any atom is -0.491 e. The fourth-order valence-corrected chi connectivity index (χ4v) is 3.85. The zero-order valence-electron chi connectivity index (χ0n) is 19.9. The Morgan fingerprint density at radius 1 is 0.656 bits per heavy atom. The van der Waals surface area contributed by atoms with Gasteiger partial charge in [-0.1, -0.05) is 12.1 Å². The summed E-state index contributed by atoms with van der Waals surface area (Å²) in [4.78, 5) is 4.51. The molecule has 1 heterocycles. The summed E-state index contributed by atoms with van der Waals surface area (Å²) in [6, 6.07) is 12.0. The van der Waals surface area contributed by atoms with Crippen molar-refractivity contribution in [1.82, 2.24) is 9.80 Å². The topological polar surface area (TPSA) is 65.4 Å². The Balaban J connectivity index is 1.32. The minimum absolute atomic E-state index is 0.289. The average Bonchev–Trinajstić information content (AvgIpc) is 2.77. The van der Waals surface area contributed by atoms with Crippen LogP contribution in [0.25, 0.3) is 0 Å². The molecule has 1 aliphatic rings. The molecular weight excluding hydrogens is 404 g/mol. The van der Waals surface area contributed by atoms with Crippen molar-refractivity contribution in [2.75, 3.05) is 52.5 Å². The fourth-order valence-electron chi connectivity index (χ4n) is 3.85. The van der Waals surface area contributed by atoms with Crippen LogP contribution in [0.5, 0.6) is 11.5 Å². The van der Waals surface area contributed by atoms with E-state index in [1.807, 2.05) is 36.4 Å². The predicted molar refractivity (Wildman–Crippen MR) is 128 cm³/mol.